The van der Waals surface area contributed by atoms with Crippen molar-refractivity contribution < 1.29 is 4.74 Å². The summed E-state index contributed by atoms with van der Waals surface area (Å²) in [6, 6.07) is 13.6. The van der Waals surface area contributed by atoms with Gasteiger partial charge >= 0.3 is 0 Å². The number of aryl methyl sites for hydroxylation is 1. The number of benzene rings is 2. The Morgan fingerprint density at radius 3 is 2.56 bits per heavy atom. The first-order chi connectivity index (χ1) is 12.3. The quantitative estimate of drug-likeness (QED) is 0.683. The molecule has 25 heavy (non-hydrogen) atoms. The van der Waals surface area contributed by atoms with Crippen molar-refractivity contribution in [3.63, 3.8) is 0 Å². The Hall–Kier alpha value is -2.33. The van der Waals surface area contributed by atoms with Gasteiger partial charge in [0.15, 0.2) is 0 Å². The number of piperidine rings is 1. The van der Waals surface area contributed by atoms with Gasteiger partial charge in [-0.2, -0.15) is 0 Å². The number of ether oxygens (including phenoxy) is 1. The van der Waals surface area contributed by atoms with Gasteiger partial charge in [-0.1, -0.05) is 24.6 Å². The molecule has 0 atom stereocenters. The van der Waals surface area contributed by atoms with Crippen LogP contribution >= 0.6 is 0 Å². The van der Waals surface area contributed by atoms with E-state index in [1.807, 2.05) is 49.5 Å². The molecule has 2 heterocycles. The molecule has 4 heteroatoms. The second-order valence-corrected chi connectivity index (χ2v) is 6.81. The molecule has 4 rings (SSSR count). The molecule has 4 nitrogen and oxygen atoms in total. The maximum Gasteiger partial charge on any atom is 0.200 e. The highest BCUT2D eigenvalue weighted by Crippen LogP contribution is 2.25. The van der Waals surface area contributed by atoms with Crippen LogP contribution in [0.1, 0.15) is 19.3 Å². The Morgan fingerprint density at radius 1 is 0.960 bits per heavy atom. The number of likely N-dealkylation sites (tertiary alicyclic amines) is 1. The number of hydrogen-bond acceptors (Lipinski definition) is 3. The number of para-hydroxylation sites is 1. The molecule has 0 bridgehead atoms. The van der Waals surface area contributed by atoms with E-state index in [1.165, 1.54) is 19.3 Å². The Kier molecular flexibility index (Phi) is 4.45. The van der Waals surface area contributed by atoms with Crippen LogP contribution < -0.4 is 10.2 Å². The number of hydrogen-bond donors (Lipinski definition) is 0. The summed E-state index contributed by atoms with van der Waals surface area (Å²) >= 11 is 0. The van der Waals surface area contributed by atoms with E-state index in [2.05, 4.69) is 9.47 Å². The van der Waals surface area contributed by atoms with Crippen LogP contribution in [0, 0.1) is 0 Å². The summed E-state index contributed by atoms with van der Waals surface area (Å²) in [5.74, 6) is 0.695. The average molecular weight is 336 g/mol. The van der Waals surface area contributed by atoms with Crippen LogP contribution in [0.25, 0.3) is 21.8 Å². The van der Waals surface area contributed by atoms with E-state index in [-0.39, 0.29) is 5.43 Å². The first-order valence-corrected chi connectivity index (χ1v) is 9.11. The molecule has 0 aliphatic carbocycles. The second kappa shape index (κ2) is 6.89. The summed E-state index contributed by atoms with van der Waals surface area (Å²) in [5, 5.41) is 1.42. The van der Waals surface area contributed by atoms with E-state index < -0.39 is 0 Å². The SMILES string of the molecule is Cn1c2ccccc2c(=O)c2c(OCCN3CCCCC3)cccc21. The van der Waals surface area contributed by atoms with Gasteiger partial charge in [0.25, 0.3) is 0 Å². The number of nitrogens with zero attached hydrogens (tertiary/aromatic N) is 2. The van der Waals surface area contributed by atoms with Crippen LogP contribution in [0.3, 0.4) is 0 Å². The zero-order chi connectivity index (χ0) is 17.2. The van der Waals surface area contributed by atoms with Crippen LogP contribution in [-0.4, -0.2) is 35.7 Å². The number of rotatable bonds is 4. The Labute approximate surface area is 147 Å². The van der Waals surface area contributed by atoms with Crippen molar-refractivity contribution >= 4 is 21.8 Å². The lowest BCUT2D eigenvalue weighted by Gasteiger charge is -2.26. The molecule has 0 saturated carbocycles. The lowest BCUT2D eigenvalue weighted by atomic mass is 10.1. The van der Waals surface area contributed by atoms with Gasteiger partial charge in [-0.3, -0.25) is 9.69 Å². The number of aromatic nitrogens is 1. The normalized spacial score (nSPS) is 15.7. The summed E-state index contributed by atoms with van der Waals surface area (Å²) in [7, 11) is 2.00. The van der Waals surface area contributed by atoms with Gasteiger partial charge in [0.05, 0.1) is 16.4 Å². The molecule has 1 aliphatic rings. The fraction of sp³-hybridized carbons (Fsp3) is 0.381. The van der Waals surface area contributed by atoms with E-state index in [9.17, 15) is 4.79 Å². The highest BCUT2D eigenvalue weighted by molar-refractivity contribution is 5.96. The molecule has 1 aliphatic heterocycles. The third-order valence-electron chi connectivity index (χ3n) is 5.22. The first-order valence-electron chi connectivity index (χ1n) is 9.11. The Morgan fingerprint density at radius 2 is 1.72 bits per heavy atom. The van der Waals surface area contributed by atoms with Crippen molar-refractivity contribution in [1.29, 1.82) is 0 Å². The van der Waals surface area contributed by atoms with Crippen LogP contribution in [0.4, 0.5) is 0 Å². The summed E-state index contributed by atoms with van der Waals surface area (Å²) in [6.07, 6.45) is 3.89. The third-order valence-corrected chi connectivity index (χ3v) is 5.22. The fourth-order valence-electron chi connectivity index (χ4n) is 3.84. The zero-order valence-corrected chi connectivity index (χ0v) is 14.7. The Balaban J connectivity index is 1.68. The minimum atomic E-state index is 0.0530. The standard InChI is InChI=1S/C21H24N2O2/c1-22-17-9-4-3-8-16(17)21(24)20-18(22)10-7-11-19(20)25-15-14-23-12-5-2-6-13-23/h3-4,7-11H,2,5-6,12-15H2,1H3. The molecule has 1 saturated heterocycles. The van der Waals surface area contributed by atoms with E-state index in [0.717, 1.165) is 36.1 Å². The summed E-state index contributed by atoms with van der Waals surface area (Å²) in [4.78, 5) is 15.5. The molecule has 0 spiro atoms. The predicted octanol–water partition coefficient (Wildman–Crippen LogP) is 3.56. The van der Waals surface area contributed by atoms with Crippen molar-refractivity contribution in [3.8, 4) is 5.75 Å². The molecule has 0 radical (unpaired) electrons. The largest absolute Gasteiger partial charge is 0.491 e. The van der Waals surface area contributed by atoms with Crippen molar-refractivity contribution in [2.45, 2.75) is 19.3 Å². The smallest absolute Gasteiger partial charge is 0.200 e. The average Bonchev–Trinajstić information content (AvgIpc) is 2.67. The molecular weight excluding hydrogens is 312 g/mol. The number of fused-ring (bicyclic) bond motifs is 2. The summed E-state index contributed by atoms with van der Waals surface area (Å²) in [6.45, 7) is 3.86. The molecule has 1 fully saturated rings. The molecule has 0 N–H and O–H groups in total. The maximum atomic E-state index is 13.0. The van der Waals surface area contributed by atoms with Crippen molar-refractivity contribution in [3.05, 3.63) is 52.7 Å². The lowest BCUT2D eigenvalue weighted by molar-refractivity contribution is 0.184. The van der Waals surface area contributed by atoms with Crippen LogP contribution in [0.2, 0.25) is 0 Å². The van der Waals surface area contributed by atoms with Crippen molar-refractivity contribution in [2.24, 2.45) is 7.05 Å². The summed E-state index contributed by atoms with van der Waals surface area (Å²) in [5.41, 5.74) is 1.92. The van der Waals surface area contributed by atoms with E-state index in [0.29, 0.717) is 17.7 Å². The molecule has 1 aromatic heterocycles. The van der Waals surface area contributed by atoms with Gasteiger partial charge < -0.3 is 9.30 Å². The van der Waals surface area contributed by atoms with Crippen LogP contribution in [0.15, 0.2) is 47.3 Å². The Bertz CT molecular complexity index is 955. The molecule has 130 valence electrons. The minimum absolute atomic E-state index is 0.0530. The fourth-order valence-corrected chi connectivity index (χ4v) is 3.84. The first kappa shape index (κ1) is 16.2. The van der Waals surface area contributed by atoms with Gasteiger partial charge in [-0.25, -0.2) is 0 Å². The molecular formula is C21H24N2O2. The molecule has 2 aromatic carbocycles. The maximum absolute atomic E-state index is 13.0. The topological polar surface area (TPSA) is 34.5 Å². The van der Waals surface area contributed by atoms with Crippen LogP contribution in [0.5, 0.6) is 5.75 Å². The second-order valence-electron chi connectivity index (χ2n) is 6.81. The molecule has 3 aromatic rings. The predicted molar refractivity (Wildman–Crippen MR) is 102 cm³/mol. The van der Waals surface area contributed by atoms with E-state index >= 15 is 0 Å². The van der Waals surface area contributed by atoms with Gasteiger partial charge in [-0.15, -0.1) is 0 Å². The zero-order valence-electron chi connectivity index (χ0n) is 14.7. The van der Waals surface area contributed by atoms with Gasteiger partial charge in [0.1, 0.15) is 12.4 Å². The highest BCUT2D eigenvalue weighted by Gasteiger charge is 2.14. The monoisotopic (exact) mass is 336 g/mol. The van der Waals surface area contributed by atoms with Gasteiger partial charge in [0.2, 0.25) is 5.43 Å². The highest BCUT2D eigenvalue weighted by atomic mass is 16.5. The lowest BCUT2D eigenvalue weighted by Crippen LogP contribution is -2.33. The van der Waals surface area contributed by atoms with Crippen molar-refractivity contribution in [2.75, 3.05) is 26.2 Å². The third kappa shape index (κ3) is 3.02. The van der Waals surface area contributed by atoms with Gasteiger partial charge in [0, 0.05) is 19.0 Å². The van der Waals surface area contributed by atoms with Gasteiger partial charge in [-0.05, 0) is 50.2 Å². The van der Waals surface area contributed by atoms with Crippen LogP contribution in [-0.2, 0) is 7.05 Å². The minimum Gasteiger partial charge on any atom is -0.491 e. The molecule has 0 amide bonds. The molecule has 0 unspecified atom stereocenters. The number of pyridine rings is 1. The van der Waals surface area contributed by atoms with Crippen molar-refractivity contribution in [1.82, 2.24) is 9.47 Å². The van der Waals surface area contributed by atoms with E-state index in [4.69, 9.17) is 4.74 Å². The summed E-state index contributed by atoms with van der Waals surface area (Å²) < 4.78 is 8.12. The van der Waals surface area contributed by atoms with E-state index in [1.54, 1.807) is 0 Å².